The molecule has 0 aliphatic rings. The van der Waals surface area contributed by atoms with E-state index in [1.165, 1.54) is 0 Å². The minimum Gasteiger partial charge on any atom is -0.496 e. The zero-order chi connectivity index (χ0) is 23.3. The van der Waals surface area contributed by atoms with Gasteiger partial charge in [-0.3, -0.25) is 10.2 Å². The summed E-state index contributed by atoms with van der Waals surface area (Å²) in [5.41, 5.74) is 5.86. The van der Waals surface area contributed by atoms with Crippen LogP contribution in [0.2, 0.25) is 0 Å². The van der Waals surface area contributed by atoms with Crippen molar-refractivity contribution in [2.45, 2.75) is 32.0 Å². The van der Waals surface area contributed by atoms with Gasteiger partial charge in [0.15, 0.2) is 5.16 Å². The number of aromatic nitrogens is 5. The number of nitrogens with zero attached hydrogens (tertiary/aromatic N) is 5. The molecule has 5 aromatic rings. The number of aryl methyl sites for hydroxylation is 2. The first-order valence-electron chi connectivity index (χ1n) is 10.5. The maximum atomic E-state index is 10.4. The van der Waals surface area contributed by atoms with Gasteiger partial charge in [-0.25, -0.2) is 4.98 Å². The second-order valence-corrected chi connectivity index (χ2v) is 8.65. The smallest absolute Gasteiger partial charge is 0.256 e. The minimum atomic E-state index is -0.178. The summed E-state index contributed by atoms with van der Waals surface area (Å²) in [6.45, 7) is 5.85. The Hall–Kier alpha value is -3.59. The highest BCUT2D eigenvalue weighted by Gasteiger charge is 2.26. The van der Waals surface area contributed by atoms with Crippen molar-refractivity contribution in [3.05, 3.63) is 59.9 Å². The van der Waals surface area contributed by atoms with Gasteiger partial charge in [-0.1, -0.05) is 16.9 Å². The summed E-state index contributed by atoms with van der Waals surface area (Å²) in [5, 5.41) is 16.3. The van der Waals surface area contributed by atoms with Crippen molar-refractivity contribution in [3.8, 4) is 16.9 Å². The molecule has 4 heterocycles. The van der Waals surface area contributed by atoms with Crippen LogP contribution < -0.4 is 9.47 Å². The molecule has 0 aliphatic heterocycles. The summed E-state index contributed by atoms with van der Waals surface area (Å²) in [6, 6.07) is 9.43. The van der Waals surface area contributed by atoms with Crippen LogP contribution in [0, 0.1) is 13.8 Å². The molecule has 1 atom stereocenters. The second kappa shape index (κ2) is 8.08. The fourth-order valence-corrected chi connectivity index (χ4v) is 5.06. The number of thioether (sulfide) groups is 1. The molecule has 33 heavy (non-hydrogen) atoms. The van der Waals surface area contributed by atoms with Crippen LogP contribution in [0.4, 0.5) is 0 Å². The van der Waals surface area contributed by atoms with E-state index in [1.807, 2.05) is 51.3 Å². The van der Waals surface area contributed by atoms with E-state index in [0.717, 1.165) is 60.1 Å². The number of hydrogen-bond donors (Lipinski definition) is 1. The number of rotatable bonds is 5. The molecule has 9 heteroatoms. The van der Waals surface area contributed by atoms with E-state index in [1.54, 1.807) is 37.3 Å². The number of imidazole rings is 1. The molecule has 0 saturated carbocycles. The lowest BCUT2D eigenvalue weighted by Crippen LogP contribution is -2.37. The molecule has 0 amide bonds. The molecular weight excluding hydrogens is 438 g/mol. The molecule has 0 spiro atoms. The maximum Gasteiger partial charge on any atom is 0.256 e. The number of ether oxygens (including phenoxy) is 1. The average Bonchev–Trinajstić information content (AvgIpc) is 3.37. The third-order valence-corrected chi connectivity index (χ3v) is 6.63. The van der Waals surface area contributed by atoms with Crippen molar-refractivity contribution in [3.63, 3.8) is 0 Å². The SMILES string of the molecule is COc1cc2c(cc1-c1c(C)noc1C)ncc1nc(SC)n([C@H](C)c3cccc[n+]3O)c12. The van der Waals surface area contributed by atoms with E-state index in [2.05, 4.69) is 9.72 Å². The van der Waals surface area contributed by atoms with Crippen molar-refractivity contribution in [2.75, 3.05) is 13.4 Å². The lowest BCUT2D eigenvalue weighted by atomic mass is 10.0. The predicted molar refractivity (Wildman–Crippen MR) is 126 cm³/mol. The topological polar surface area (TPSA) is 90.1 Å². The third-order valence-electron chi connectivity index (χ3n) is 5.98. The zero-order valence-electron chi connectivity index (χ0n) is 19.0. The van der Waals surface area contributed by atoms with Crippen LogP contribution >= 0.6 is 11.8 Å². The van der Waals surface area contributed by atoms with E-state index in [4.69, 9.17) is 19.2 Å². The normalized spacial score (nSPS) is 12.5. The van der Waals surface area contributed by atoms with E-state index >= 15 is 0 Å². The first-order chi connectivity index (χ1) is 15.9. The Morgan fingerprint density at radius 1 is 1.21 bits per heavy atom. The average molecular weight is 463 g/mol. The first-order valence-corrected chi connectivity index (χ1v) is 11.7. The first kappa shape index (κ1) is 21.3. The lowest BCUT2D eigenvalue weighted by Gasteiger charge is -2.16. The van der Waals surface area contributed by atoms with Gasteiger partial charge in [-0.05, 0) is 45.2 Å². The monoisotopic (exact) mass is 462 g/mol. The molecule has 0 bridgehead atoms. The number of hydrogen-bond acceptors (Lipinski definition) is 7. The van der Waals surface area contributed by atoms with Gasteiger partial charge in [0.1, 0.15) is 23.1 Å². The number of fused-ring (bicyclic) bond motifs is 3. The van der Waals surface area contributed by atoms with Crippen LogP contribution in [0.25, 0.3) is 33.1 Å². The Morgan fingerprint density at radius 2 is 2.03 bits per heavy atom. The quantitative estimate of drug-likeness (QED) is 0.230. The third kappa shape index (κ3) is 3.31. The molecule has 5 rings (SSSR count). The van der Waals surface area contributed by atoms with Crippen LogP contribution in [0.15, 0.2) is 52.4 Å². The minimum absolute atomic E-state index is 0.178. The summed E-state index contributed by atoms with van der Waals surface area (Å²) in [6.07, 6.45) is 5.42. The maximum absolute atomic E-state index is 10.4. The van der Waals surface area contributed by atoms with E-state index in [9.17, 15) is 5.21 Å². The Bertz CT molecular complexity index is 1490. The summed E-state index contributed by atoms with van der Waals surface area (Å²) < 4.78 is 14.5. The molecule has 4 aromatic heterocycles. The highest BCUT2D eigenvalue weighted by atomic mass is 32.2. The fraction of sp³-hybridized carbons (Fsp3) is 0.250. The molecule has 0 aliphatic carbocycles. The van der Waals surface area contributed by atoms with Gasteiger partial charge in [0.25, 0.3) is 5.69 Å². The highest BCUT2D eigenvalue weighted by molar-refractivity contribution is 7.98. The van der Waals surface area contributed by atoms with E-state index in [-0.39, 0.29) is 6.04 Å². The number of benzene rings is 1. The fourth-order valence-electron chi connectivity index (χ4n) is 4.43. The molecular formula is C24H24N5O3S+. The van der Waals surface area contributed by atoms with Crippen LogP contribution in [-0.4, -0.2) is 38.3 Å². The van der Waals surface area contributed by atoms with Gasteiger partial charge in [-0.2, -0.15) is 0 Å². The summed E-state index contributed by atoms with van der Waals surface area (Å²) in [7, 11) is 1.66. The molecule has 0 unspecified atom stereocenters. The van der Waals surface area contributed by atoms with Gasteiger partial charge in [0.05, 0.1) is 35.6 Å². The van der Waals surface area contributed by atoms with Gasteiger partial charge in [0, 0.05) is 27.8 Å². The van der Waals surface area contributed by atoms with Crippen molar-refractivity contribution in [1.29, 1.82) is 0 Å². The largest absolute Gasteiger partial charge is 0.496 e. The van der Waals surface area contributed by atoms with Gasteiger partial charge in [0.2, 0.25) is 6.20 Å². The Labute approximate surface area is 194 Å². The molecule has 8 nitrogen and oxygen atoms in total. The summed E-state index contributed by atoms with van der Waals surface area (Å²) >= 11 is 1.55. The lowest BCUT2D eigenvalue weighted by molar-refractivity contribution is -0.910. The number of methoxy groups -OCH3 is 1. The predicted octanol–water partition coefficient (Wildman–Crippen LogP) is 4.72. The van der Waals surface area contributed by atoms with Crippen LogP contribution in [0.3, 0.4) is 0 Å². The van der Waals surface area contributed by atoms with Crippen molar-refractivity contribution in [2.24, 2.45) is 0 Å². The van der Waals surface area contributed by atoms with Crippen LogP contribution in [-0.2, 0) is 0 Å². The van der Waals surface area contributed by atoms with Crippen LogP contribution in [0.5, 0.6) is 5.75 Å². The molecule has 1 N–H and O–H groups in total. The highest BCUT2D eigenvalue weighted by Crippen LogP contribution is 2.40. The molecule has 1 aromatic carbocycles. The van der Waals surface area contributed by atoms with Gasteiger partial charge in [-0.15, -0.1) is 0 Å². The molecule has 0 saturated heterocycles. The summed E-state index contributed by atoms with van der Waals surface area (Å²) in [4.78, 5) is 9.53. The van der Waals surface area contributed by atoms with Gasteiger partial charge < -0.3 is 13.8 Å². The van der Waals surface area contributed by atoms with E-state index < -0.39 is 0 Å². The van der Waals surface area contributed by atoms with E-state index in [0.29, 0.717) is 5.75 Å². The molecule has 0 radical (unpaired) electrons. The van der Waals surface area contributed by atoms with Gasteiger partial charge >= 0.3 is 0 Å². The number of pyridine rings is 2. The Kier molecular flexibility index (Phi) is 5.20. The van der Waals surface area contributed by atoms with Crippen molar-refractivity contribution < 1.29 is 19.2 Å². The summed E-state index contributed by atoms with van der Waals surface area (Å²) in [5.74, 6) is 1.43. The Morgan fingerprint density at radius 3 is 2.70 bits per heavy atom. The second-order valence-electron chi connectivity index (χ2n) is 7.88. The molecule has 168 valence electrons. The zero-order valence-corrected chi connectivity index (χ0v) is 19.8. The standard InChI is InChI=1S/C24H24N5O3S/c1-13-22(15(3)32-27-13)17-10-18-16(11-21(17)31-4)23-19(12-25-18)26-24(33-5)29(23)14(2)20-8-6-7-9-28(20)30/h6-12,14,30H,1-5H3/q+1/t14-/m1/s1. The van der Waals surface area contributed by atoms with Crippen molar-refractivity contribution in [1.82, 2.24) is 19.7 Å². The molecule has 0 fully saturated rings. The Balaban J connectivity index is 1.83. The van der Waals surface area contributed by atoms with Crippen LogP contribution in [0.1, 0.15) is 30.1 Å². The van der Waals surface area contributed by atoms with Crippen molar-refractivity contribution >= 4 is 33.7 Å².